The molecule has 2 rings (SSSR count). The Kier molecular flexibility index (Phi) is 6.34. The van der Waals surface area contributed by atoms with E-state index in [9.17, 15) is 14.4 Å². The van der Waals surface area contributed by atoms with E-state index in [1.165, 1.54) is 6.08 Å². The number of rotatable bonds is 7. The Balaban J connectivity index is 2.13. The Morgan fingerprint density at radius 3 is 2.42 bits per heavy atom. The van der Waals surface area contributed by atoms with Crippen LogP contribution >= 0.6 is 0 Å². The summed E-state index contributed by atoms with van der Waals surface area (Å²) >= 11 is 0. The molecule has 0 saturated heterocycles. The molecule has 0 spiro atoms. The number of pyridine rings is 2. The number of amides is 2. The Morgan fingerprint density at radius 1 is 1.04 bits per heavy atom. The molecule has 2 amide bonds. The summed E-state index contributed by atoms with van der Waals surface area (Å²) in [5.41, 5.74) is 1.30. The summed E-state index contributed by atoms with van der Waals surface area (Å²) in [5, 5.41) is 5.04. The van der Waals surface area contributed by atoms with Gasteiger partial charge in [-0.1, -0.05) is 12.1 Å². The highest BCUT2D eigenvalue weighted by atomic mass is 16.2. The molecule has 2 heterocycles. The van der Waals surface area contributed by atoms with Gasteiger partial charge in [-0.3, -0.25) is 19.6 Å². The van der Waals surface area contributed by atoms with Crippen molar-refractivity contribution >= 4 is 23.8 Å². The quantitative estimate of drug-likeness (QED) is 0.570. The van der Waals surface area contributed by atoms with Crippen molar-refractivity contribution in [3.8, 4) is 0 Å². The maximum atomic E-state index is 12.2. The van der Waals surface area contributed by atoms with Crippen molar-refractivity contribution in [3.05, 3.63) is 66.3 Å². The fourth-order valence-corrected chi connectivity index (χ4v) is 1.88. The van der Waals surface area contributed by atoms with Crippen LogP contribution in [0.1, 0.15) is 11.4 Å². The van der Waals surface area contributed by atoms with Crippen LogP contribution in [-0.4, -0.2) is 34.6 Å². The Labute approximate surface area is 138 Å². The van der Waals surface area contributed by atoms with E-state index in [-0.39, 0.29) is 24.6 Å². The van der Waals surface area contributed by atoms with E-state index in [0.29, 0.717) is 17.7 Å². The maximum Gasteiger partial charge on any atom is 0.246 e. The summed E-state index contributed by atoms with van der Waals surface area (Å²) in [6, 6.07) is 10.4. The summed E-state index contributed by atoms with van der Waals surface area (Å²) in [7, 11) is 0. The minimum Gasteiger partial charge on any atom is -0.346 e. The molecule has 0 atom stereocenters. The average molecular weight is 324 g/mol. The van der Waals surface area contributed by atoms with Gasteiger partial charge in [0.15, 0.2) is 0 Å². The lowest BCUT2D eigenvalue weighted by atomic mass is 10.2. The number of aldehydes is 1. The van der Waals surface area contributed by atoms with Crippen molar-refractivity contribution in [2.24, 2.45) is 0 Å². The van der Waals surface area contributed by atoms with Crippen molar-refractivity contribution < 1.29 is 14.4 Å². The van der Waals surface area contributed by atoms with Crippen LogP contribution in [0.25, 0.3) is 5.70 Å². The summed E-state index contributed by atoms with van der Waals surface area (Å²) < 4.78 is 0. The summed E-state index contributed by atoms with van der Waals surface area (Å²) in [6.07, 6.45) is 5.00. The van der Waals surface area contributed by atoms with E-state index in [2.05, 4.69) is 20.6 Å². The first-order valence-electron chi connectivity index (χ1n) is 7.23. The number of nitrogens with zero attached hydrogens (tertiary/aromatic N) is 2. The highest BCUT2D eigenvalue weighted by Crippen LogP contribution is 2.08. The van der Waals surface area contributed by atoms with Gasteiger partial charge in [0.05, 0.1) is 24.4 Å². The molecule has 0 aliphatic heterocycles. The number of aromatic nitrogens is 2. The van der Waals surface area contributed by atoms with Crippen LogP contribution in [0.2, 0.25) is 0 Å². The van der Waals surface area contributed by atoms with Gasteiger partial charge in [-0.05, 0) is 24.3 Å². The van der Waals surface area contributed by atoms with Gasteiger partial charge in [-0.15, -0.1) is 0 Å². The molecule has 122 valence electrons. The molecule has 7 heteroatoms. The molecule has 0 unspecified atom stereocenters. The normalized spacial score (nSPS) is 10.8. The van der Waals surface area contributed by atoms with Crippen molar-refractivity contribution in [3.63, 3.8) is 0 Å². The number of carbonyl (C=O) groups excluding carboxylic acids is 3. The Hall–Kier alpha value is -3.35. The second kappa shape index (κ2) is 8.94. The number of nitrogens with one attached hydrogen (secondary N) is 2. The van der Waals surface area contributed by atoms with Crippen molar-refractivity contribution in [1.82, 2.24) is 20.6 Å². The molecular formula is C17H16N4O3. The van der Waals surface area contributed by atoms with Crippen LogP contribution in [0, 0.1) is 0 Å². The van der Waals surface area contributed by atoms with Crippen molar-refractivity contribution in [2.75, 3.05) is 6.54 Å². The smallest absolute Gasteiger partial charge is 0.246 e. The zero-order valence-corrected chi connectivity index (χ0v) is 12.8. The lowest BCUT2D eigenvalue weighted by Gasteiger charge is -2.09. The molecule has 7 nitrogen and oxygen atoms in total. The lowest BCUT2D eigenvalue weighted by molar-refractivity contribution is -0.119. The minimum absolute atomic E-state index is 0.0704. The molecule has 0 aliphatic rings. The Bertz CT molecular complexity index is 730. The molecule has 0 aliphatic carbocycles. The standard InChI is InChI=1S/C17H16N4O3/c22-10-9-20-16(23)12-15(14-6-2-4-8-19-14)21-17(24)11-13-5-1-3-7-18-13/h1-8,10,12H,9,11H2,(H,20,23)(H,21,24). The van der Waals surface area contributed by atoms with Crippen LogP contribution in [0.3, 0.4) is 0 Å². The molecule has 0 saturated carbocycles. The maximum absolute atomic E-state index is 12.2. The third kappa shape index (κ3) is 5.45. The predicted octanol–water partition coefficient (Wildman–Crippen LogP) is 0.491. The zero-order valence-electron chi connectivity index (χ0n) is 12.8. The van der Waals surface area contributed by atoms with Crippen LogP contribution in [0.4, 0.5) is 0 Å². The minimum atomic E-state index is -0.499. The second-order valence-corrected chi connectivity index (χ2v) is 4.73. The predicted molar refractivity (Wildman–Crippen MR) is 87.4 cm³/mol. The number of carbonyl (C=O) groups is 3. The summed E-state index contributed by atoms with van der Waals surface area (Å²) in [4.78, 5) is 42.5. The van der Waals surface area contributed by atoms with Gasteiger partial charge in [-0.25, -0.2) is 0 Å². The van der Waals surface area contributed by atoms with Gasteiger partial charge in [0, 0.05) is 24.2 Å². The molecule has 0 radical (unpaired) electrons. The zero-order chi connectivity index (χ0) is 17.2. The van der Waals surface area contributed by atoms with E-state index in [1.807, 2.05) is 0 Å². The van der Waals surface area contributed by atoms with Gasteiger partial charge in [0.1, 0.15) is 6.29 Å². The molecule has 0 bridgehead atoms. The topological polar surface area (TPSA) is 101 Å². The largest absolute Gasteiger partial charge is 0.346 e. The molecular weight excluding hydrogens is 308 g/mol. The molecule has 2 N–H and O–H groups in total. The SMILES string of the molecule is O=CCNC(=O)C=C(NC(=O)Cc1ccccn1)c1ccccn1. The lowest BCUT2D eigenvalue weighted by Crippen LogP contribution is -2.28. The van der Waals surface area contributed by atoms with E-state index in [0.717, 1.165) is 0 Å². The van der Waals surface area contributed by atoms with E-state index in [1.54, 1.807) is 48.8 Å². The Morgan fingerprint density at radius 2 is 1.79 bits per heavy atom. The number of hydrogen-bond donors (Lipinski definition) is 2. The fourth-order valence-electron chi connectivity index (χ4n) is 1.88. The van der Waals surface area contributed by atoms with Gasteiger partial charge in [-0.2, -0.15) is 0 Å². The highest BCUT2D eigenvalue weighted by Gasteiger charge is 2.11. The summed E-state index contributed by atoms with van der Waals surface area (Å²) in [6.45, 7) is -0.104. The van der Waals surface area contributed by atoms with Gasteiger partial charge in [0.2, 0.25) is 11.8 Å². The van der Waals surface area contributed by atoms with Crippen LogP contribution in [-0.2, 0) is 20.8 Å². The van der Waals surface area contributed by atoms with Crippen LogP contribution in [0.15, 0.2) is 54.9 Å². The average Bonchev–Trinajstić information content (AvgIpc) is 2.61. The van der Waals surface area contributed by atoms with Gasteiger partial charge in [0.25, 0.3) is 0 Å². The molecule has 0 fully saturated rings. The molecule has 24 heavy (non-hydrogen) atoms. The second-order valence-electron chi connectivity index (χ2n) is 4.73. The molecule has 2 aromatic heterocycles. The number of hydrogen-bond acceptors (Lipinski definition) is 5. The third-order valence-electron chi connectivity index (χ3n) is 2.92. The van der Waals surface area contributed by atoms with Gasteiger partial charge < -0.3 is 15.4 Å². The van der Waals surface area contributed by atoms with Crippen molar-refractivity contribution in [1.29, 1.82) is 0 Å². The monoisotopic (exact) mass is 324 g/mol. The van der Waals surface area contributed by atoms with Crippen LogP contribution in [0.5, 0.6) is 0 Å². The van der Waals surface area contributed by atoms with Gasteiger partial charge >= 0.3 is 0 Å². The van der Waals surface area contributed by atoms with Crippen LogP contribution < -0.4 is 10.6 Å². The molecule has 2 aromatic rings. The first-order chi connectivity index (χ1) is 11.7. The highest BCUT2D eigenvalue weighted by molar-refractivity contribution is 5.98. The van der Waals surface area contributed by atoms with E-state index >= 15 is 0 Å². The molecule has 0 aromatic carbocycles. The van der Waals surface area contributed by atoms with E-state index < -0.39 is 5.91 Å². The summed E-state index contributed by atoms with van der Waals surface area (Å²) in [5.74, 6) is -0.824. The first kappa shape index (κ1) is 17.0. The first-order valence-corrected chi connectivity index (χ1v) is 7.23. The fraction of sp³-hybridized carbons (Fsp3) is 0.118. The third-order valence-corrected chi connectivity index (χ3v) is 2.92. The van der Waals surface area contributed by atoms with E-state index in [4.69, 9.17) is 0 Å². The van der Waals surface area contributed by atoms with Crippen molar-refractivity contribution in [2.45, 2.75) is 6.42 Å².